The van der Waals surface area contributed by atoms with Crippen molar-refractivity contribution in [1.82, 2.24) is 15.5 Å². The Kier molecular flexibility index (Phi) is 5.32. The van der Waals surface area contributed by atoms with Crippen LogP contribution in [0, 0.1) is 5.82 Å². The van der Waals surface area contributed by atoms with Crippen LogP contribution in [0.1, 0.15) is 0 Å². The number of benzene rings is 2. The van der Waals surface area contributed by atoms with Crippen LogP contribution in [0.5, 0.6) is 5.88 Å². The van der Waals surface area contributed by atoms with E-state index in [9.17, 15) is 4.79 Å². The minimum Gasteiger partial charge on any atom is -0.471 e. The average Bonchev–Trinajstić information content (AvgIpc) is 3.63. The molecular formula is C23H21FN6O5. The number of cyclic esters (lactones) is 1. The van der Waals surface area contributed by atoms with Crippen molar-refractivity contribution in [2.24, 2.45) is 0 Å². The van der Waals surface area contributed by atoms with Crippen molar-refractivity contribution in [3.63, 3.8) is 0 Å². The maximum atomic E-state index is 15.1. The lowest BCUT2D eigenvalue weighted by Gasteiger charge is -2.37. The van der Waals surface area contributed by atoms with Gasteiger partial charge in [0.05, 0.1) is 17.9 Å². The molecule has 2 aliphatic heterocycles. The van der Waals surface area contributed by atoms with E-state index in [0.717, 1.165) is 18.8 Å². The zero-order chi connectivity index (χ0) is 23.8. The molecule has 180 valence electrons. The van der Waals surface area contributed by atoms with E-state index < -0.39 is 12.2 Å². The number of hydrogen-bond acceptors (Lipinski definition) is 10. The normalized spacial score (nSPS) is 18.4. The van der Waals surface area contributed by atoms with Crippen molar-refractivity contribution in [3.8, 4) is 5.88 Å². The molecule has 0 N–H and O–H groups in total. The Morgan fingerprint density at radius 3 is 2.54 bits per heavy atom. The van der Waals surface area contributed by atoms with Crippen molar-refractivity contribution < 1.29 is 27.8 Å². The van der Waals surface area contributed by atoms with Gasteiger partial charge in [-0.1, -0.05) is 0 Å². The molecule has 2 saturated heterocycles. The van der Waals surface area contributed by atoms with E-state index in [1.54, 1.807) is 18.2 Å². The monoisotopic (exact) mass is 480 g/mol. The van der Waals surface area contributed by atoms with Crippen molar-refractivity contribution >= 4 is 34.2 Å². The van der Waals surface area contributed by atoms with Gasteiger partial charge in [-0.3, -0.25) is 4.90 Å². The summed E-state index contributed by atoms with van der Waals surface area (Å²) in [6.45, 7) is 3.13. The molecule has 0 spiro atoms. The van der Waals surface area contributed by atoms with E-state index in [0.29, 0.717) is 41.4 Å². The number of ether oxygens (including phenoxy) is 2. The Morgan fingerprint density at radius 1 is 0.943 bits per heavy atom. The number of hydrogen-bond donors (Lipinski definition) is 0. The quantitative estimate of drug-likeness (QED) is 0.408. The Labute approximate surface area is 198 Å². The number of aromatic nitrogens is 3. The largest absolute Gasteiger partial charge is 0.471 e. The minimum absolute atomic E-state index is 0.125. The first-order chi connectivity index (χ1) is 17.1. The summed E-state index contributed by atoms with van der Waals surface area (Å²) in [6.07, 6.45) is 0.350. The van der Waals surface area contributed by atoms with Gasteiger partial charge in [-0.25, -0.2) is 13.8 Å². The summed E-state index contributed by atoms with van der Waals surface area (Å²) in [5, 5.41) is 11.4. The summed E-state index contributed by atoms with van der Waals surface area (Å²) < 4.78 is 35.4. The van der Waals surface area contributed by atoms with Gasteiger partial charge >= 0.3 is 6.09 Å². The van der Waals surface area contributed by atoms with Gasteiger partial charge in [0.1, 0.15) is 29.7 Å². The highest BCUT2D eigenvalue weighted by molar-refractivity contribution is 5.90. The topological polar surface area (TPSA) is 110 Å². The van der Waals surface area contributed by atoms with Crippen LogP contribution in [-0.4, -0.2) is 67.0 Å². The smallest absolute Gasteiger partial charge is 0.414 e. The number of anilines is 3. The molecule has 1 atom stereocenters. The van der Waals surface area contributed by atoms with Crippen LogP contribution >= 0.6 is 0 Å². The molecule has 0 aliphatic carbocycles. The lowest BCUT2D eigenvalue weighted by Crippen LogP contribution is -2.46. The van der Waals surface area contributed by atoms with Crippen molar-refractivity contribution in [2.45, 2.75) is 6.10 Å². The third-order valence-corrected chi connectivity index (χ3v) is 6.17. The van der Waals surface area contributed by atoms with Crippen LogP contribution in [0.3, 0.4) is 0 Å². The van der Waals surface area contributed by atoms with Crippen molar-refractivity contribution in [3.05, 3.63) is 54.5 Å². The number of carbonyl (C=O) groups is 1. The highest BCUT2D eigenvalue weighted by Gasteiger charge is 2.33. The molecule has 1 amide bonds. The van der Waals surface area contributed by atoms with Gasteiger partial charge in [-0.05, 0) is 51.9 Å². The molecule has 6 rings (SSSR count). The maximum absolute atomic E-state index is 15.1. The van der Waals surface area contributed by atoms with Gasteiger partial charge in [0.25, 0.3) is 5.88 Å². The van der Waals surface area contributed by atoms with Crippen molar-refractivity contribution in [1.29, 1.82) is 0 Å². The fraction of sp³-hybridized carbons (Fsp3) is 0.304. The number of fused-ring (bicyclic) bond motifs is 1. The van der Waals surface area contributed by atoms with Crippen molar-refractivity contribution in [2.75, 3.05) is 54.0 Å². The van der Waals surface area contributed by atoms with E-state index >= 15 is 4.39 Å². The molecule has 2 aromatic heterocycles. The van der Waals surface area contributed by atoms with Crippen LogP contribution in [-0.2, 0) is 4.74 Å². The molecule has 2 aromatic carbocycles. The number of rotatable bonds is 6. The summed E-state index contributed by atoms with van der Waals surface area (Å²) in [5.41, 5.74) is 3.39. The highest BCUT2D eigenvalue weighted by Crippen LogP contribution is 2.30. The first-order valence-corrected chi connectivity index (χ1v) is 11.2. The second-order valence-corrected chi connectivity index (χ2v) is 8.31. The molecular weight excluding hydrogens is 459 g/mol. The Balaban J connectivity index is 1.08. The predicted molar refractivity (Wildman–Crippen MR) is 122 cm³/mol. The Bertz CT molecular complexity index is 1340. The van der Waals surface area contributed by atoms with E-state index in [-0.39, 0.29) is 19.0 Å². The number of piperazine rings is 1. The lowest BCUT2D eigenvalue weighted by molar-refractivity contribution is 0.102. The molecule has 4 heterocycles. The van der Waals surface area contributed by atoms with Gasteiger partial charge in [0.15, 0.2) is 6.10 Å². The molecule has 35 heavy (non-hydrogen) atoms. The first kappa shape index (κ1) is 21.2. The molecule has 0 unspecified atom stereocenters. The molecule has 2 aliphatic rings. The third kappa shape index (κ3) is 4.18. The second-order valence-electron chi connectivity index (χ2n) is 8.31. The molecule has 2 fully saturated rings. The molecule has 4 aromatic rings. The fourth-order valence-electron chi connectivity index (χ4n) is 4.37. The fourth-order valence-corrected chi connectivity index (χ4v) is 4.37. The van der Waals surface area contributed by atoms with E-state index in [1.807, 2.05) is 23.1 Å². The van der Waals surface area contributed by atoms with Crippen LogP contribution in [0.2, 0.25) is 0 Å². The predicted octanol–water partition coefficient (Wildman–Crippen LogP) is 3.08. The number of halogens is 1. The van der Waals surface area contributed by atoms with Crippen LogP contribution in [0.4, 0.5) is 26.2 Å². The summed E-state index contributed by atoms with van der Waals surface area (Å²) in [6, 6.07) is 12.2. The van der Waals surface area contributed by atoms with Gasteiger partial charge in [-0.2, -0.15) is 0 Å². The van der Waals surface area contributed by atoms with Crippen LogP contribution in [0.25, 0.3) is 11.0 Å². The van der Waals surface area contributed by atoms with Crippen LogP contribution < -0.4 is 19.4 Å². The van der Waals surface area contributed by atoms with E-state index in [1.165, 1.54) is 17.2 Å². The van der Waals surface area contributed by atoms with Crippen LogP contribution in [0.15, 0.2) is 57.9 Å². The highest BCUT2D eigenvalue weighted by atomic mass is 19.1. The molecule has 12 heteroatoms. The Morgan fingerprint density at radius 2 is 1.74 bits per heavy atom. The summed E-state index contributed by atoms with van der Waals surface area (Å²) in [7, 11) is 0. The van der Waals surface area contributed by atoms with E-state index in [2.05, 4.69) is 20.4 Å². The number of amides is 1. The zero-order valence-electron chi connectivity index (χ0n) is 18.5. The SMILES string of the molecule is O=C1O[C@@H](COc2ccon2)CN1c1ccc(N2CCN(c3ccc4nonc4c3)CC2)c(F)c1. The molecule has 0 bridgehead atoms. The summed E-state index contributed by atoms with van der Waals surface area (Å²) in [5.74, 6) is -0.0770. The second kappa shape index (κ2) is 8.78. The lowest BCUT2D eigenvalue weighted by atomic mass is 10.2. The molecule has 0 radical (unpaired) electrons. The molecule has 0 saturated carbocycles. The minimum atomic E-state index is -0.543. The standard InChI is InChI=1S/C23H21FN6O5/c24-18-11-16(30-13-17(34-23(30)31)14-32-22-5-10-33-27-22)2-4-21(18)29-8-6-28(7-9-29)15-1-3-19-20(12-15)26-35-25-19/h1-5,10-12,17H,6-9,13-14H2/t17-/m1/s1. The van der Waals surface area contributed by atoms with Gasteiger partial charge in [-0.15, -0.1) is 0 Å². The maximum Gasteiger partial charge on any atom is 0.414 e. The van der Waals surface area contributed by atoms with E-state index in [4.69, 9.17) is 18.6 Å². The third-order valence-electron chi connectivity index (χ3n) is 6.17. The first-order valence-electron chi connectivity index (χ1n) is 11.2. The summed E-state index contributed by atoms with van der Waals surface area (Å²) in [4.78, 5) is 18.0. The van der Waals surface area contributed by atoms with Gasteiger partial charge in [0.2, 0.25) is 0 Å². The van der Waals surface area contributed by atoms with Gasteiger partial charge < -0.3 is 23.8 Å². The van der Waals surface area contributed by atoms with Gasteiger partial charge in [0, 0.05) is 37.9 Å². The Hall–Kier alpha value is -4.35. The summed E-state index contributed by atoms with van der Waals surface area (Å²) >= 11 is 0. The number of carbonyl (C=O) groups excluding carboxylic acids is 1. The zero-order valence-corrected chi connectivity index (χ0v) is 18.5. The number of nitrogens with zero attached hydrogens (tertiary/aromatic N) is 6. The molecule has 11 nitrogen and oxygen atoms in total. The average molecular weight is 480 g/mol.